The Kier molecular flexibility index (Phi) is 7.32. The Balaban J connectivity index is 1.47. The van der Waals surface area contributed by atoms with Crippen LogP contribution in [0, 0.1) is 0 Å². The lowest BCUT2D eigenvalue weighted by atomic mass is 10.1. The maximum atomic E-state index is 12.9. The number of carbonyl (C=O) groups is 2. The van der Waals surface area contributed by atoms with E-state index in [0.29, 0.717) is 40.7 Å². The number of hydrogen-bond acceptors (Lipinski definition) is 5. The molecule has 176 valence electrons. The molecule has 34 heavy (non-hydrogen) atoms. The number of hydrogen-bond donors (Lipinski definition) is 1. The zero-order valence-corrected chi connectivity index (χ0v) is 19.4. The predicted molar refractivity (Wildman–Crippen MR) is 130 cm³/mol. The summed E-state index contributed by atoms with van der Waals surface area (Å²) in [6.45, 7) is 1.93. The van der Waals surface area contributed by atoms with Gasteiger partial charge in [-0.25, -0.2) is 0 Å². The number of likely N-dealkylation sites (tertiary alicyclic amines) is 1. The second-order valence-electron chi connectivity index (χ2n) is 8.01. The van der Waals surface area contributed by atoms with Crippen LogP contribution >= 0.6 is 0 Å². The molecule has 4 rings (SSSR count). The van der Waals surface area contributed by atoms with E-state index < -0.39 is 0 Å². The molecule has 0 atom stereocenters. The second-order valence-corrected chi connectivity index (χ2v) is 8.01. The molecule has 3 aromatic carbocycles. The van der Waals surface area contributed by atoms with Crippen LogP contribution in [0.5, 0.6) is 17.2 Å². The van der Waals surface area contributed by atoms with Crippen molar-refractivity contribution in [3.8, 4) is 17.2 Å². The predicted octanol–water partition coefficient (Wildman–Crippen LogP) is 4.77. The van der Waals surface area contributed by atoms with Crippen LogP contribution in [0.2, 0.25) is 0 Å². The number of anilines is 1. The van der Waals surface area contributed by atoms with Gasteiger partial charge in [0.05, 0.1) is 14.2 Å². The number of nitrogens with one attached hydrogen (secondary N) is 1. The van der Waals surface area contributed by atoms with Crippen molar-refractivity contribution in [2.45, 2.75) is 19.4 Å². The summed E-state index contributed by atoms with van der Waals surface area (Å²) in [4.78, 5) is 27.3. The lowest BCUT2D eigenvalue weighted by Crippen LogP contribution is -2.27. The highest BCUT2D eigenvalue weighted by molar-refractivity contribution is 6.05. The van der Waals surface area contributed by atoms with Gasteiger partial charge in [-0.15, -0.1) is 0 Å². The second kappa shape index (κ2) is 10.7. The van der Waals surface area contributed by atoms with Crippen LogP contribution in [0.3, 0.4) is 0 Å². The maximum absolute atomic E-state index is 12.9. The minimum atomic E-state index is -0.329. The number of rotatable bonds is 8. The average Bonchev–Trinajstić information content (AvgIpc) is 3.42. The van der Waals surface area contributed by atoms with Crippen LogP contribution in [-0.4, -0.2) is 44.0 Å². The fourth-order valence-corrected chi connectivity index (χ4v) is 3.89. The Morgan fingerprint density at radius 3 is 2.06 bits per heavy atom. The fraction of sp³-hybridized carbons (Fsp3) is 0.259. The zero-order valence-electron chi connectivity index (χ0n) is 19.4. The average molecular weight is 461 g/mol. The number of methoxy groups -OCH3 is 2. The molecule has 0 radical (unpaired) electrons. The van der Waals surface area contributed by atoms with Crippen molar-refractivity contribution in [1.29, 1.82) is 0 Å². The molecule has 1 N–H and O–H groups in total. The summed E-state index contributed by atoms with van der Waals surface area (Å²) in [6, 6.07) is 19.9. The van der Waals surface area contributed by atoms with E-state index in [1.807, 2.05) is 35.2 Å². The van der Waals surface area contributed by atoms with Crippen molar-refractivity contribution in [3.05, 3.63) is 83.4 Å². The normalized spacial score (nSPS) is 12.8. The standard InChI is InChI=1S/C27H28N2O5/c1-32-23-16-21(17-24(33-2)25(23)34-18-19-8-4-3-5-9-19)26(30)28-22-12-10-20(11-13-22)27(31)29-14-6-7-15-29/h3-5,8-13,16-17H,6-7,14-15,18H2,1-2H3,(H,28,30). The number of ether oxygens (including phenoxy) is 3. The first-order valence-electron chi connectivity index (χ1n) is 11.2. The summed E-state index contributed by atoms with van der Waals surface area (Å²) in [7, 11) is 3.03. The van der Waals surface area contributed by atoms with E-state index >= 15 is 0 Å². The van der Waals surface area contributed by atoms with Crippen LogP contribution < -0.4 is 19.5 Å². The third-order valence-corrected chi connectivity index (χ3v) is 5.73. The van der Waals surface area contributed by atoms with Gasteiger partial charge in [0.1, 0.15) is 6.61 Å². The van der Waals surface area contributed by atoms with Gasteiger partial charge in [0.25, 0.3) is 11.8 Å². The summed E-state index contributed by atoms with van der Waals surface area (Å²) in [6.07, 6.45) is 2.09. The Morgan fingerprint density at radius 2 is 1.47 bits per heavy atom. The minimum Gasteiger partial charge on any atom is -0.493 e. The first kappa shape index (κ1) is 23.2. The maximum Gasteiger partial charge on any atom is 0.255 e. The van der Waals surface area contributed by atoms with Gasteiger partial charge in [-0.05, 0) is 54.8 Å². The first-order valence-corrected chi connectivity index (χ1v) is 11.2. The van der Waals surface area contributed by atoms with Crippen LogP contribution in [0.25, 0.3) is 0 Å². The van der Waals surface area contributed by atoms with Crippen LogP contribution in [0.4, 0.5) is 5.69 Å². The van der Waals surface area contributed by atoms with E-state index in [4.69, 9.17) is 14.2 Å². The molecular weight excluding hydrogens is 432 g/mol. The van der Waals surface area contributed by atoms with E-state index in [9.17, 15) is 9.59 Å². The number of amides is 2. The summed E-state index contributed by atoms with van der Waals surface area (Å²) in [5.74, 6) is 0.912. The van der Waals surface area contributed by atoms with E-state index in [1.54, 1.807) is 36.4 Å². The number of benzene rings is 3. The molecule has 7 heteroatoms. The lowest BCUT2D eigenvalue weighted by Gasteiger charge is -2.17. The van der Waals surface area contributed by atoms with E-state index in [0.717, 1.165) is 31.5 Å². The van der Waals surface area contributed by atoms with E-state index in [-0.39, 0.29) is 11.8 Å². The molecule has 2 amide bonds. The van der Waals surface area contributed by atoms with Crippen molar-refractivity contribution in [1.82, 2.24) is 4.90 Å². The first-order chi connectivity index (χ1) is 16.6. The van der Waals surface area contributed by atoms with Crippen LogP contribution in [0.1, 0.15) is 39.1 Å². The molecule has 0 bridgehead atoms. The summed E-state index contributed by atoms with van der Waals surface area (Å²) >= 11 is 0. The summed E-state index contributed by atoms with van der Waals surface area (Å²) in [5, 5.41) is 2.86. The van der Waals surface area contributed by atoms with Gasteiger partial charge in [-0.2, -0.15) is 0 Å². The topological polar surface area (TPSA) is 77.1 Å². The molecule has 1 heterocycles. The third kappa shape index (κ3) is 5.31. The van der Waals surface area contributed by atoms with Gasteiger partial charge in [0.2, 0.25) is 5.75 Å². The van der Waals surface area contributed by atoms with E-state index in [1.165, 1.54) is 14.2 Å². The van der Waals surface area contributed by atoms with Crippen molar-refractivity contribution < 1.29 is 23.8 Å². The molecule has 0 unspecified atom stereocenters. The highest BCUT2D eigenvalue weighted by Gasteiger charge is 2.20. The molecule has 0 aliphatic carbocycles. The Morgan fingerprint density at radius 1 is 0.853 bits per heavy atom. The number of carbonyl (C=O) groups excluding carboxylic acids is 2. The molecule has 3 aromatic rings. The molecule has 7 nitrogen and oxygen atoms in total. The fourth-order valence-electron chi connectivity index (χ4n) is 3.89. The molecule has 0 aromatic heterocycles. The van der Waals surface area contributed by atoms with Crippen molar-refractivity contribution in [2.24, 2.45) is 0 Å². The molecule has 1 fully saturated rings. The molecule has 0 spiro atoms. The number of nitrogens with zero attached hydrogens (tertiary/aromatic N) is 1. The minimum absolute atomic E-state index is 0.0240. The lowest BCUT2D eigenvalue weighted by molar-refractivity contribution is 0.0792. The van der Waals surface area contributed by atoms with Gasteiger partial charge >= 0.3 is 0 Å². The highest BCUT2D eigenvalue weighted by atomic mass is 16.5. The molecule has 1 saturated heterocycles. The van der Waals surface area contributed by atoms with Gasteiger partial charge in [-0.1, -0.05) is 30.3 Å². The highest BCUT2D eigenvalue weighted by Crippen LogP contribution is 2.39. The smallest absolute Gasteiger partial charge is 0.255 e. The van der Waals surface area contributed by atoms with Crippen molar-refractivity contribution in [2.75, 3.05) is 32.6 Å². The zero-order chi connectivity index (χ0) is 23.9. The van der Waals surface area contributed by atoms with Crippen molar-refractivity contribution >= 4 is 17.5 Å². The summed E-state index contributed by atoms with van der Waals surface area (Å²) < 4.78 is 16.9. The van der Waals surface area contributed by atoms with E-state index in [2.05, 4.69) is 5.32 Å². The Labute approximate surface area is 199 Å². The van der Waals surface area contributed by atoms with Crippen LogP contribution in [-0.2, 0) is 6.61 Å². The molecular formula is C27H28N2O5. The molecule has 0 saturated carbocycles. The Hall–Kier alpha value is -4.00. The van der Waals surface area contributed by atoms with Crippen molar-refractivity contribution in [3.63, 3.8) is 0 Å². The largest absolute Gasteiger partial charge is 0.493 e. The Bertz CT molecular complexity index is 1110. The molecule has 1 aliphatic rings. The SMILES string of the molecule is COc1cc(C(=O)Nc2ccc(C(=O)N3CCCC3)cc2)cc(OC)c1OCc1ccccc1. The van der Waals surface area contributed by atoms with Gasteiger partial charge in [0.15, 0.2) is 11.5 Å². The monoisotopic (exact) mass is 460 g/mol. The quantitative estimate of drug-likeness (QED) is 0.524. The third-order valence-electron chi connectivity index (χ3n) is 5.73. The van der Waals surface area contributed by atoms with Gasteiger partial charge in [0, 0.05) is 29.9 Å². The summed E-state index contributed by atoms with van der Waals surface area (Å²) in [5.41, 5.74) is 2.56. The van der Waals surface area contributed by atoms with Gasteiger partial charge < -0.3 is 24.4 Å². The molecule has 1 aliphatic heterocycles. The van der Waals surface area contributed by atoms with Gasteiger partial charge in [-0.3, -0.25) is 9.59 Å². The van der Waals surface area contributed by atoms with Crippen LogP contribution in [0.15, 0.2) is 66.7 Å².